The van der Waals surface area contributed by atoms with Crippen molar-refractivity contribution in [2.24, 2.45) is 0 Å². The number of morpholine rings is 1. The number of likely N-dealkylation sites (tertiary alicyclic amines) is 1. The summed E-state index contributed by atoms with van der Waals surface area (Å²) in [6.45, 7) is 15.0. The van der Waals surface area contributed by atoms with Crippen LogP contribution < -0.4 is 5.32 Å². The molecule has 2 saturated heterocycles. The second kappa shape index (κ2) is 15.3. The van der Waals surface area contributed by atoms with Crippen molar-refractivity contribution >= 4 is 20.4 Å². The van der Waals surface area contributed by atoms with Gasteiger partial charge in [0.25, 0.3) is 0 Å². The van der Waals surface area contributed by atoms with Crippen LogP contribution in [0.15, 0.2) is 42.5 Å². The highest BCUT2D eigenvalue weighted by Gasteiger charge is 2.46. The van der Waals surface area contributed by atoms with E-state index in [-0.39, 0.29) is 35.5 Å². The van der Waals surface area contributed by atoms with E-state index >= 15 is 4.39 Å². The number of methoxy groups -OCH3 is 1. The van der Waals surface area contributed by atoms with Gasteiger partial charge in [-0.25, -0.2) is 14.0 Å². The Bertz CT molecular complexity index is 1350. The fourth-order valence-electron chi connectivity index (χ4n) is 6.30. The zero-order chi connectivity index (χ0) is 33.6. The summed E-state index contributed by atoms with van der Waals surface area (Å²) in [7, 11) is -0.550. The van der Waals surface area contributed by atoms with Gasteiger partial charge in [0.15, 0.2) is 8.32 Å². The summed E-state index contributed by atoms with van der Waals surface area (Å²) in [4.78, 5) is 29.2. The number of carbonyl (C=O) groups excluding carboxylic acids is 1. The van der Waals surface area contributed by atoms with Crippen LogP contribution in [-0.4, -0.2) is 100 Å². The molecule has 11 heteroatoms. The predicted octanol–water partition coefficient (Wildman–Crippen LogP) is 6.86. The molecule has 1 unspecified atom stereocenters. The first-order valence-electron chi connectivity index (χ1n) is 16.4. The van der Waals surface area contributed by atoms with Crippen LogP contribution in [0.4, 0.5) is 14.0 Å². The number of aryl methyl sites for hydroxylation is 1. The molecule has 2 aliphatic rings. The molecule has 2 fully saturated rings. The van der Waals surface area contributed by atoms with Gasteiger partial charge < -0.3 is 34.1 Å². The Hall–Kier alpha value is -2.99. The molecule has 3 amide bonds. The van der Waals surface area contributed by atoms with Gasteiger partial charge in [0.05, 0.1) is 24.9 Å². The van der Waals surface area contributed by atoms with E-state index in [0.717, 1.165) is 36.0 Å². The highest BCUT2D eigenvalue weighted by Crippen LogP contribution is 2.40. The molecule has 2 heterocycles. The molecule has 0 aliphatic carbocycles. The molecule has 4 rings (SSSR count). The number of halogens is 1. The molecule has 4 atom stereocenters. The van der Waals surface area contributed by atoms with E-state index in [2.05, 4.69) is 39.2 Å². The predicted molar refractivity (Wildman–Crippen MR) is 180 cm³/mol. The molecule has 2 N–H and O–H groups in total. The Balaban J connectivity index is 1.58. The van der Waals surface area contributed by atoms with Gasteiger partial charge in [-0.15, -0.1) is 0 Å². The van der Waals surface area contributed by atoms with Crippen LogP contribution in [0.3, 0.4) is 0 Å². The minimum absolute atomic E-state index is 0.0674. The summed E-state index contributed by atoms with van der Waals surface area (Å²) in [6.07, 6.45) is 0.548. The van der Waals surface area contributed by atoms with Crippen molar-refractivity contribution in [3.05, 3.63) is 59.4 Å². The van der Waals surface area contributed by atoms with Gasteiger partial charge >= 0.3 is 12.1 Å². The molecular weight excluding hydrogens is 605 g/mol. The maximum atomic E-state index is 15.6. The van der Waals surface area contributed by atoms with Crippen LogP contribution in [0.1, 0.15) is 57.1 Å². The lowest BCUT2D eigenvalue weighted by Crippen LogP contribution is -2.52. The lowest BCUT2D eigenvalue weighted by atomic mass is 9.82. The van der Waals surface area contributed by atoms with Gasteiger partial charge in [-0.1, -0.05) is 69.2 Å². The second-order valence-electron chi connectivity index (χ2n) is 14.2. The number of hydrogen-bond acceptors (Lipinski definition) is 5. The zero-order valence-electron chi connectivity index (χ0n) is 28.5. The van der Waals surface area contributed by atoms with Crippen LogP contribution in [0, 0.1) is 12.7 Å². The highest BCUT2D eigenvalue weighted by atomic mass is 28.4. The molecule has 0 saturated carbocycles. The quantitative estimate of drug-likeness (QED) is 0.202. The van der Waals surface area contributed by atoms with Crippen LogP contribution in [0.25, 0.3) is 11.1 Å². The number of carboxylic acid groups (broad SMARTS) is 1. The van der Waals surface area contributed by atoms with E-state index in [9.17, 15) is 14.7 Å². The number of unbranched alkanes of at least 4 members (excludes halogenated alkanes) is 1. The molecular formula is C35H52FN3O6Si. The van der Waals surface area contributed by atoms with E-state index in [1.54, 1.807) is 23.0 Å². The SMILES string of the molecule is COCCCCC(c1cccc(F)c1-c1cccc(C)c1)[C@H]1CN(C(=O)N2C[C@H](O[Si](C)(C)C(C)(C)C)[C@H](NC(=O)O)C2)CCO1. The summed E-state index contributed by atoms with van der Waals surface area (Å²) >= 11 is 0. The largest absolute Gasteiger partial charge is 0.465 e. The molecule has 2 aromatic carbocycles. The summed E-state index contributed by atoms with van der Waals surface area (Å²) in [5.74, 6) is -0.441. The molecule has 2 aliphatic heterocycles. The number of ether oxygens (including phenoxy) is 2. The summed E-state index contributed by atoms with van der Waals surface area (Å²) in [5.41, 5.74) is 3.31. The Morgan fingerprint density at radius 1 is 1.11 bits per heavy atom. The zero-order valence-corrected chi connectivity index (χ0v) is 29.5. The summed E-state index contributed by atoms with van der Waals surface area (Å²) < 4.78 is 33.9. The Morgan fingerprint density at radius 3 is 2.52 bits per heavy atom. The minimum Gasteiger partial charge on any atom is -0.465 e. The van der Waals surface area contributed by atoms with Crippen LogP contribution in [0.5, 0.6) is 0 Å². The standard InChI is InChI=1S/C35H52FN3O6Si/c1-24-12-10-13-25(20-24)32-27(15-11-16-28(32)36)26(14-8-9-18-43-5)30-22-38(17-19-44-30)34(42)39-21-29(37-33(40)41)31(23-39)45-46(6,7)35(2,3)4/h10-13,15-16,20,26,29-31,37H,8-9,14,17-19,21-23H2,1-7H3,(H,40,41)/t26?,29-,30-,31+/m1/s1. The van der Waals surface area contributed by atoms with Crippen LogP contribution >= 0.6 is 0 Å². The third kappa shape index (κ3) is 8.67. The van der Waals surface area contributed by atoms with Crippen LogP contribution in [0.2, 0.25) is 18.1 Å². The van der Waals surface area contributed by atoms with Gasteiger partial charge in [-0.3, -0.25) is 0 Å². The van der Waals surface area contributed by atoms with Crippen molar-refractivity contribution in [2.45, 2.75) is 89.3 Å². The van der Waals surface area contributed by atoms with Gasteiger partial charge in [-0.05, 0) is 55.1 Å². The molecule has 254 valence electrons. The number of nitrogens with one attached hydrogen (secondary N) is 1. The summed E-state index contributed by atoms with van der Waals surface area (Å²) in [6, 6.07) is 12.4. The van der Waals surface area contributed by atoms with E-state index in [1.807, 2.05) is 37.3 Å². The average Bonchev–Trinajstić information content (AvgIpc) is 3.36. The third-order valence-corrected chi connectivity index (χ3v) is 14.3. The number of carbonyl (C=O) groups is 2. The number of benzene rings is 2. The fourth-order valence-corrected chi connectivity index (χ4v) is 7.65. The fraction of sp³-hybridized carbons (Fsp3) is 0.600. The summed E-state index contributed by atoms with van der Waals surface area (Å²) in [5, 5.41) is 12.1. The lowest BCUT2D eigenvalue weighted by molar-refractivity contribution is -0.0338. The Morgan fingerprint density at radius 2 is 1.85 bits per heavy atom. The first-order valence-corrected chi connectivity index (χ1v) is 19.3. The van der Waals surface area contributed by atoms with Crippen molar-refractivity contribution in [3.63, 3.8) is 0 Å². The van der Waals surface area contributed by atoms with Crippen molar-refractivity contribution in [1.29, 1.82) is 0 Å². The maximum absolute atomic E-state index is 15.6. The van der Waals surface area contributed by atoms with Gasteiger partial charge in [0, 0.05) is 51.4 Å². The molecule has 0 bridgehead atoms. The molecule has 0 radical (unpaired) electrons. The molecule has 0 spiro atoms. The van der Waals surface area contributed by atoms with Gasteiger partial charge in [0.2, 0.25) is 0 Å². The van der Waals surface area contributed by atoms with Crippen molar-refractivity contribution in [1.82, 2.24) is 15.1 Å². The van der Waals surface area contributed by atoms with E-state index in [1.165, 1.54) is 6.07 Å². The number of hydrogen-bond donors (Lipinski definition) is 2. The molecule has 46 heavy (non-hydrogen) atoms. The van der Waals surface area contributed by atoms with Crippen molar-refractivity contribution < 1.29 is 33.0 Å². The minimum atomic E-state index is -2.23. The van der Waals surface area contributed by atoms with Crippen LogP contribution in [-0.2, 0) is 13.9 Å². The smallest absolute Gasteiger partial charge is 0.405 e. The molecule has 9 nitrogen and oxygen atoms in total. The number of amides is 3. The van der Waals surface area contributed by atoms with Gasteiger partial charge in [-0.2, -0.15) is 0 Å². The van der Waals surface area contributed by atoms with Crippen molar-refractivity contribution in [3.8, 4) is 11.1 Å². The number of nitrogens with zero attached hydrogens (tertiary/aromatic N) is 2. The monoisotopic (exact) mass is 657 g/mol. The first kappa shape index (κ1) is 35.9. The van der Waals surface area contributed by atoms with Crippen molar-refractivity contribution in [2.75, 3.05) is 46.5 Å². The highest BCUT2D eigenvalue weighted by molar-refractivity contribution is 6.74. The average molecular weight is 658 g/mol. The van der Waals surface area contributed by atoms with Gasteiger partial charge in [0.1, 0.15) is 5.82 Å². The Kier molecular flexibility index (Phi) is 11.9. The topological polar surface area (TPSA) is 101 Å². The number of rotatable bonds is 11. The van der Waals surface area contributed by atoms with E-state index in [4.69, 9.17) is 13.9 Å². The normalized spacial score (nSPS) is 21.3. The van der Waals surface area contributed by atoms with E-state index < -0.39 is 26.6 Å². The second-order valence-corrected chi connectivity index (χ2v) is 18.9. The maximum Gasteiger partial charge on any atom is 0.405 e. The molecule has 0 aromatic heterocycles. The Labute approximate surface area is 274 Å². The lowest BCUT2D eigenvalue weighted by Gasteiger charge is -2.40. The first-order chi connectivity index (χ1) is 21.7. The third-order valence-electron chi connectivity index (χ3n) is 9.78. The van der Waals surface area contributed by atoms with E-state index in [0.29, 0.717) is 38.4 Å². The number of urea groups is 1. The molecule has 2 aromatic rings.